The van der Waals surface area contributed by atoms with Gasteiger partial charge in [-0.15, -0.1) is 0 Å². The fourth-order valence-corrected chi connectivity index (χ4v) is 2.87. The van der Waals surface area contributed by atoms with Gasteiger partial charge < -0.3 is 11.1 Å². The van der Waals surface area contributed by atoms with Crippen molar-refractivity contribution in [3.05, 3.63) is 33.8 Å². The summed E-state index contributed by atoms with van der Waals surface area (Å²) in [7, 11) is 0. The van der Waals surface area contributed by atoms with Crippen molar-refractivity contribution >= 4 is 29.1 Å². The van der Waals surface area contributed by atoms with E-state index in [1.54, 1.807) is 18.2 Å². The van der Waals surface area contributed by atoms with Crippen LogP contribution in [-0.2, 0) is 10.2 Å². The molecule has 0 radical (unpaired) electrons. The highest BCUT2D eigenvalue weighted by Crippen LogP contribution is 2.35. The first-order valence-electron chi connectivity index (χ1n) is 6.64. The molecule has 0 aliphatic rings. The Labute approximate surface area is 130 Å². The molecule has 1 aromatic rings. The molecule has 1 rings (SSSR count). The fraction of sp³-hybridized carbons (Fsp3) is 0.533. The average molecular weight is 317 g/mol. The summed E-state index contributed by atoms with van der Waals surface area (Å²) >= 11 is 12.4. The van der Waals surface area contributed by atoms with E-state index in [0.29, 0.717) is 16.6 Å². The van der Waals surface area contributed by atoms with E-state index in [0.717, 1.165) is 5.56 Å². The van der Waals surface area contributed by atoms with Crippen LogP contribution >= 0.6 is 23.2 Å². The zero-order chi connectivity index (χ0) is 15.5. The second kappa shape index (κ2) is 6.79. The van der Waals surface area contributed by atoms with Crippen LogP contribution in [0.4, 0.5) is 0 Å². The van der Waals surface area contributed by atoms with Gasteiger partial charge >= 0.3 is 0 Å². The Morgan fingerprint density at radius 3 is 2.25 bits per heavy atom. The van der Waals surface area contributed by atoms with E-state index in [-0.39, 0.29) is 17.2 Å². The fourth-order valence-electron chi connectivity index (χ4n) is 1.96. The molecular formula is C15H22Cl2N2O. The Bertz CT molecular complexity index is 467. The summed E-state index contributed by atoms with van der Waals surface area (Å²) in [6, 6.07) is 4.89. The van der Waals surface area contributed by atoms with Gasteiger partial charge in [0.25, 0.3) is 0 Å². The number of rotatable bonds is 5. The molecule has 0 saturated heterocycles. The first kappa shape index (κ1) is 17.3. The van der Waals surface area contributed by atoms with Crippen molar-refractivity contribution in [1.82, 2.24) is 5.32 Å². The summed E-state index contributed by atoms with van der Waals surface area (Å²) in [4.78, 5) is 11.9. The summed E-state index contributed by atoms with van der Waals surface area (Å²) in [6.07, 6.45) is 0. The standard InChI is InChI=1S/C15H22Cl2N2O/c1-9(2)13(18)14(20)19-8-15(3,4)12-10(16)6-5-7-11(12)17/h5-7,9,13H,8,18H2,1-4H3,(H,19,20)/t13-/m0/s1. The minimum absolute atomic E-state index is 0.0991. The summed E-state index contributed by atoms with van der Waals surface area (Å²) in [5.74, 6) is -0.0572. The lowest BCUT2D eigenvalue weighted by molar-refractivity contribution is -0.123. The number of nitrogens with one attached hydrogen (secondary N) is 1. The number of carbonyl (C=O) groups excluding carboxylic acids is 1. The number of nitrogens with two attached hydrogens (primary N) is 1. The van der Waals surface area contributed by atoms with E-state index < -0.39 is 6.04 Å². The van der Waals surface area contributed by atoms with E-state index in [2.05, 4.69) is 5.32 Å². The zero-order valence-electron chi connectivity index (χ0n) is 12.3. The molecule has 0 heterocycles. The topological polar surface area (TPSA) is 55.1 Å². The number of benzene rings is 1. The molecule has 20 heavy (non-hydrogen) atoms. The Morgan fingerprint density at radius 1 is 1.30 bits per heavy atom. The number of hydrogen-bond donors (Lipinski definition) is 2. The molecule has 0 unspecified atom stereocenters. The number of amides is 1. The predicted molar refractivity (Wildman–Crippen MR) is 85.3 cm³/mol. The van der Waals surface area contributed by atoms with Gasteiger partial charge in [-0.1, -0.05) is 57.0 Å². The quantitative estimate of drug-likeness (QED) is 0.875. The van der Waals surface area contributed by atoms with Crippen LogP contribution in [0.2, 0.25) is 10.0 Å². The number of halogens is 2. The second-order valence-corrected chi connectivity index (χ2v) is 6.78. The molecule has 0 aliphatic heterocycles. The summed E-state index contributed by atoms with van der Waals surface area (Å²) < 4.78 is 0. The van der Waals surface area contributed by atoms with Crippen LogP contribution < -0.4 is 11.1 Å². The maximum atomic E-state index is 11.9. The van der Waals surface area contributed by atoms with Gasteiger partial charge in [0.1, 0.15) is 0 Å². The molecule has 0 bridgehead atoms. The van der Waals surface area contributed by atoms with Crippen LogP contribution in [0.5, 0.6) is 0 Å². The lowest BCUT2D eigenvalue weighted by Gasteiger charge is -2.28. The van der Waals surface area contributed by atoms with Gasteiger partial charge in [-0.25, -0.2) is 0 Å². The van der Waals surface area contributed by atoms with Crippen LogP contribution in [0.1, 0.15) is 33.3 Å². The van der Waals surface area contributed by atoms with Crippen molar-refractivity contribution in [3.8, 4) is 0 Å². The Kier molecular flexibility index (Phi) is 5.87. The molecule has 0 aliphatic carbocycles. The van der Waals surface area contributed by atoms with Crippen LogP contribution in [0.3, 0.4) is 0 Å². The van der Waals surface area contributed by atoms with E-state index in [1.807, 2.05) is 27.7 Å². The lowest BCUT2D eigenvalue weighted by Crippen LogP contribution is -2.47. The molecule has 0 fully saturated rings. The lowest BCUT2D eigenvalue weighted by atomic mass is 9.84. The van der Waals surface area contributed by atoms with E-state index >= 15 is 0 Å². The minimum atomic E-state index is -0.507. The van der Waals surface area contributed by atoms with Gasteiger partial charge in [0.2, 0.25) is 5.91 Å². The monoisotopic (exact) mass is 316 g/mol. The molecule has 112 valence electrons. The first-order valence-corrected chi connectivity index (χ1v) is 7.40. The van der Waals surface area contributed by atoms with Gasteiger partial charge in [0, 0.05) is 22.0 Å². The Hall–Kier alpha value is -0.770. The smallest absolute Gasteiger partial charge is 0.237 e. The van der Waals surface area contributed by atoms with Crippen LogP contribution in [-0.4, -0.2) is 18.5 Å². The summed E-state index contributed by atoms with van der Waals surface area (Å²) in [5, 5.41) is 4.08. The van der Waals surface area contributed by atoms with Crippen molar-refractivity contribution in [2.45, 2.75) is 39.2 Å². The van der Waals surface area contributed by atoms with Crippen LogP contribution in [0.25, 0.3) is 0 Å². The highest BCUT2D eigenvalue weighted by atomic mass is 35.5. The van der Waals surface area contributed by atoms with Crippen molar-refractivity contribution in [1.29, 1.82) is 0 Å². The van der Waals surface area contributed by atoms with Gasteiger partial charge in [-0.3, -0.25) is 4.79 Å². The Morgan fingerprint density at radius 2 is 1.80 bits per heavy atom. The van der Waals surface area contributed by atoms with E-state index in [9.17, 15) is 4.79 Å². The molecule has 5 heteroatoms. The highest BCUT2D eigenvalue weighted by molar-refractivity contribution is 6.36. The molecule has 3 N–H and O–H groups in total. The summed E-state index contributed by atoms with van der Waals surface area (Å²) in [6.45, 7) is 8.24. The third-order valence-corrected chi connectivity index (χ3v) is 4.00. The molecule has 1 aromatic carbocycles. The number of carbonyl (C=O) groups is 1. The van der Waals surface area contributed by atoms with Crippen molar-refractivity contribution < 1.29 is 4.79 Å². The average Bonchev–Trinajstić information content (AvgIpc) is 2.34. The van der Waals surface area contributed by atoms with Crippen molar-refractivity contribution in [2.75, 3.05) is 6.54 Å². The maximum absolute atomic E-state index is 11.9. The van der Waals surface area contributed by atoms with Crippen molar-refractivity contribution in [3.63, 3.8) is 0 Å². The largest absolute Gasteiger partial charge is 0.354 e. The van der Waals surface area contributed by atoms with Crippen molar-refractivity contribution in [2.24, 2.45) is 11.7 Å². The van der Waals surface area contributed by atoms with E-state index in [1.165, 1.54) is 0 Å². The molecule has 0 saturated carbocycles. The van der Waals surface area contributed by atoms with Crippen LogP contribution in [0, 0.1) is 5.92 Å². The van der Waals surface area contributed by atoms with Gasteiger partial charge in [0.15, 0.2) is 0 Å². The maximum Gasteiger partial charge on any atom is 0.237 e. The zero-order valence-corrected chi connectivity index (χ0v) is 13.8. The predicted octanol–water partition coefficient (Wildman–Crippen LogP) is 3.37. The van der Waals surface area contributed by atoms with Crippen LogP contribution in [0.15, 0.2) is 18.2 Å². The molecule has 1 atom stereocenters. The first-order chi connectivity index (χ1) is 9.16. The van der Waals surface area contributed by atoms with Gasteiger partial charge in [0.05, 0.1) is 6.04 Å². The third-order valence-electron chi connectivity index (χ3n) is 3.37. The van der Waals surface area contributed by atoms with Gasteiger partial charge in [-0.2, -0.15) is 0 Å². The minimum Gasteiger partial charge on any atom is -0.354 e. The molecule has 0 aromatic heterocycles. The molecule has 1 amide bonds. The highest BCUT2D eigenvalue weighted by Gasteiger charge is 2.27. The SMILES string of the molecule is CC(C)[C@H](N)C(=O)NCC(C)(C)c1c(Cl)cccc1Cl. The summed E-state index contributed by atoms with van der Waals surface area (Å²) in [5.41, 5.74) is 6.29. The third kappa shape index (κ3) is 4.11. The molecule has 0 spiro atoms. The molecule has 3 nitrogen and oxygen atoms in total. The van der Waals surface area contributed by atoms with Gasteiger partial charge in [-0.05, 0) is 23.6 Å². The second-order valence-electron chi connectivity index (χ2n) is 5.97. The Balaban J connectivity index is 2.83. The number of hydrogen-bond acceptors (Lipinski definition) is 2. The normalized spacial score (nSPS) is 13.4. The van der Waals surface area contributed by atoms with E-state index in [4.69, 9.17) is 28.9 Å². The molecular weight excluding hydrogens is 295 g/mol.